The molecular weight excluding hydrogens is 506 g/mol. The molecule has 3 heterocycles. The Kier molecular flexibility index (Phi) is 8.93. The third-order valence-corrected chi connectivity index (χ3v) is 7.28. The number of rotatable bonds is 8. The first-order chi connectivity index (χ1) is 18.3. The third-order valence-electron chi connectivity index (χ3n) is 6.40. The predicted molar refractivity (Wildman–Crippen MR) is 153 cm³/mol. The molecule has 1 aromatic carbocycles. The Balaban J connectivity index is 1.56. The summed E-state index contributed by atoms with van der Waals surface area (Å²) in [5.41, 5.74) is 5.23. The molecule has 200 valence electrons. The summed E-state index contributed by atoms with van der Waals surface area (Å²) < 4.78 is 35.1. The van der Waals surface area contributed by atoms with Gasteiger partial charge in [0.1, 0.15) is 5.82 Å². The minimum Gasteiger partial charge on any atom is -0.338 e. The van der Waals surface area contributed by atoms with Crippen molar-refractivity contribution in [1.82, 2.24) is 24.6 Å². The van der Waals surface area contributed by atoms with Crippen LogP contribution in [0.15, 0.2) is 66.2 Å². The molecule has 0 radical (unpaired) electrons. The highest BCUT2D eigenvalue weighted by atomic mass is 32.2. The lowest BCUT2D eigenvalue weighted by Gasteiger charge is -2.32. The number of nitrogens with one attached hydrogen (secondary N) is 2. The second kappa shape index (κ2) is 12.3. The zero-order chi connectivity index (χ0) is 27.2. The van der Waals surface area contributed by atoms with E-state index in [2.05, 4.69) is 55.2 Å². The average molecular weight is 539 g/mol. The van der Waals surface area contributed by atoms with Gasteiger partial charge in [-0.05, 0) is 43.5 Å². The highest BCUT2D eigenvalue weighted by molar-refractivity contribution is 7.98. The number of piperazine rings is 1. The highest BCUT2D eigenvalue weighted by Gasteiger charge is 2.21. The molecule has 1 saturated heterocycles. The van der Waals surface area contributed by atoms with Crippen molar-refractivity contribution in [2.24, 2.45) is 5.10 Å². The first kappa shape index (κ1) is 27.5. The normalized spacial score (nSPS) is 18.7. The van der Waals surface area contributed by atoms with Crippen molar-refractivity contribution in [1.29, 1.82) is 0 Å². The van der Waals surface area contributed by atoms with Crippen LogP contribution in [0.5, 0.6) is 0 Å². The molecule has 2 aliphatic rings. The van der Waals surface area contributed by atoms with E-state index < -0.39 is 11.6 Å². The van der Waals surface area contributed by atoms with E-state index in [0.717, 1.165) is 38.3 Å². The van der Waals surface area contributed by atoms with Crippen LogP contribution >= 0.6 is 12.1 Å². The number of hydrogen-bond acceptors (Lipinski definition) is 9. The maximum Gasteiger partial charge on any atom is 0.225 e. The van der Waals surface area contributed by atoms with Crippen LogP contribution < -0.4 is 15.0 Å². The fourth-order valence-corrected chi connectivity index (χ4v) is 4.46. The van der Waals surface area contributed by atoms with Crippen LogP contribution in [0.1, 0.15) is 18.1 Å². The Hall–Kier alpha value is -3.54. The van der Waals surface area contributed by atoms with Crippen LogP contribution in [0.2, 0.25) is 0 Å². The summed E-state index contributed by atoms with van der Waals surface area (Å²) in [4.78, 5) is 13.5. The van der Waals surface area contributed by atoms with Gasteiger partial charge >= 0.3 is 0 Å². The maximum atomic E-state index is 15.4. The Bertz CT molecular complexity index is 1280. The van der Waals surface area contributed by atoms with E-state index in [1.54, 1.807) is 24.7 Å². The van der Waals surface area contributed by atoms with E-state index >= 15 is 4.39 Å². The second-order valence-corrected chi connectivity index (χ2v) is 10.0. The lowest BCUT2D eigenvalue weighted by atomic mass is 9.92. The fourth-order valence-electron chi connectivity index (χ4n) is 3.92. The second-order valence-electron chi connectivity index (χ2n) is 9.03. The van der Waals surface area contributed by atoms with E-state index in [1.807, 2.05) is 18.3 Å². The number of likely N-dealkylation sites (N-methyl/N-ethyl adjacent to an activating group) is 1. The van der Waals surface area contributed by atoms with Gasteiger partial charge in [-0.1, -0.05) is 20.1 Å². The van der Waals surface area contributed by atoms with Gasteiger partial charge in [0.15, 0.2) is 5.82 Å². The van der Waals surface area contributed by atoms with Gasteiger partial charge in [-0.25, -0.2) is 23.1 Å². The Morgan fingerprint density at radius 1 is 1.18 bits per heavy atom. The molecule has 0 unspecified atom stereocenters. The Morgan fingerprint density at radius 2 is 1.89 bits per heavy atom. The van der Waals surface area contributed by atoms with Crippen LogP contribution in [0.25, 0.3) is 11.1 Å². The van der Waals surface area contributed by atoms with Crippen molar-refractivity contribution in [3.8, 4) is 0 Å². The van der Waals surface area contributed by atoms with Gasteiger partial charge < -0.3 is 14.5 Å². The summed E-state index contributed by atoms with van der Waals surface area (Å²) in [6.45, 7) is 14.5. The van der Waals surface area contributed by atoms with Crippen LogP contribution in [-0.2, 0) is 0 Å². The van der Waals surface area contributed by atoms with Crippen LogP contribution in [0, 0.1) is 11.6 Å². The smallest absolute Gasteiger partial charge is 0.225 e. The van der Waals surface area contributed by atoms with Gasteiger partial charge in [0.25, 0.3) is 0 Å². The van der Waals surface area contributed by atoms with Gasteiger partial charge in [0, 0.05) is 80.2 Å². The van der Waals surface area contributed by atoms with Crippen molar-refractivity contribution in [2.45, 2.75) is 6.92 Å². The SMILES string of the molecule is C=C1/C=C(c2cnc(N3CCN(C)CC3)nc2)\C=N/NC=C1C(=C)c1c(F)ccc(NSN(C)CC)c1F. The van der Waals surface area contributed by atoms with Crippen LogP contribution in [-0.4, -0.2) is 72.2 Å². The molecule has 0 saturated carbocycles. The molecule has 0 aliphatic carbocycles. The van der Waals surface area contributed by atoms with Gasteiger partial charge in [-0.2, -0.15) is 5.10 Å². The lowest BCUT2D eigenvalue weighted by Crippen LogP contribution is -2.45. The summed E-state index contributed by atoms with van der Waals surface area (Å²) in [7, 11) is 3.96. The summed E-state index contributed by atoms with van der Waals surface area (Å²) in [6, 6.07) is 2.59. The third kappa shape index (κ3) is 6.29. The van der Waals surface area contributed by atoms with Crippen molar-refractivity contribution in [2.75, 3.05) is 56.4 Å². The molecule has 0 atom stereocenters. The minimum atomic E-state index is -0.733. The molecule has 11 heteroatoms. The van der Waals surface area contributed by atoms with Crippen LogP contribution in [0.4, 0.5) is 20.4 Å². The van der Waals surface area contributed by atoms with Gasteiger partial charge in [-0.15, -0.1) is 0 Å². The summed E-state index contributed by atoms with van der Waals surface area (Å²) in [6.07, 6.45) is 8.41. The quantitative estimate of drug-likeness (QED) is 0.474. The highest BCUT2D eigenvalue weighted by Crippen LogP contribution is 2.35. The Labute approximate surface area is 226 Å². The predicted octanol–water partition coefficient (Wildman–Crippen LogP) is 4.56. The summed E-state index contributed by atoms with van der Waals surface area (Å²) in [5, 5.41) is 4.21. The van der Waals surface area contributed by atoms with Gasteiger partial charge in [0.05, 0.1) is 17.5 Å². The lowest BCUT2D eigenvalue weighted by molar-refractivity contribution is 0.311. The van der Waals surface area contributed by atoms with Crippen molar-refractivity contribution >= 4 is 41.1 Å². The standard InChI is InChI=1S/C27H32F2N8S/c1-6-36(5)38-34-24-8-7-23(28)25(26(24)29)19(3)22-17-33-32-16-20(13-18(22)2)21-14-30-27(31-15-21)37-11-9-35(4)10-12-37/h7-8,13-17,33-34H,2-3,6,9-12H2,1,4-5H3/b20-13+,22-17?,32-16-. The summed E-state index contributed by atoms with van der Waals surface area (Å²) in [5.74, 6) is -0.773. The van der Waals surface area contributed by atoms with Gasteiger partial charge in [0.2, 0.25) is 5.95 Å². The number of hydrazone groups is 1. The monoisotopic (exact) mass is 538 g/mol. The number of halogens is 2. The molecule has 38 heavy (non-hydrogen) atoms. The number of hydrogen-bond donors (Lipinski definition) is 2. The largest absolute Gasteiger partial charge is 0.338 e. The molecule has 0 bridgehead atoms. The molecule has 8 nitrogen and oxygen atoms in total. The van der Waals surface area contributed by atoms with Crippen molar-refractivity contribution in [3.63, 3.8) is 0 Å². The van der Waals surface area contributed by atoms with E-state index in [4.69, 9.17) is 0 Å². The number of benzene rings is 1. The number of anilines is 2. The van der Waals surface area contributed by atoms with Crippen LogP contribution in [0.3, 0.4) is 0 Å². The Morgan fingerprint density at radius 3 is 2.58 bits per heavy atom. The summed E-state index contributed by atoms with van der Waals surface area (Å²) >= 11 is 1.22. The molecule has 2 aromatic rings. The number of allylic oxidation sites excluding steroid dienone is 5. The first-order valence-corrected chi connectivity index (χ1v) is 13.0. The van der Waals surface area contributed by atoms with Gasteiger partial charge in [-0.3, -0.25) is 5.43 Å². The molecule has 1 aromatic heterocycles. The zero-order valence-corrected chi connectivity index (χ0v) is 22.7. The average Bonchev–Trinajstić information content (AvgIpc) is 2.90. The molecular formula is C27H32F2N8S. The number of aromatic nitrogens is 2. The fraction of sp³-hybridized carbons (Fsp3) is 0.296. The van der Waals surface area contributed by atoms with E-state index in [9.17, 15) is 4.39 Å². The molecule has 1 fully saturated rings. The van der Waals surface area contributed by atoms with E-state index in [1.165, 1.54) is 30.5 Å². The maximum absolute atomic E-state index is 15.4. The minimum absolute atomic E-state index is 0.143. The molecule has 2 aliphatic heterocycles. The van der Waals surface area contributed by atoms with E-state index in [0.29, 0.717) is 22.7 Å². The molecule has 2 N–H and O–H groups in total. The molecule has 0 amide bonds. The number of nitrogens with zero attached hydrogens (tertiary/aromatic N) is 6. The van der Waals surface area contributed by atoms with E-state index in [-0.39, 0.29) is 16.8 Å². The molecule has 4 rings (SSSR count). The van der Waals surface area contributed by atoms with Crippen molar-refractivity contribution < 1.29 is 8.78 Å². The molecule has 0 spiro atoms. The zero-order valence-electron chi connectivity index (χ0n) is 21.8. The van der Waals surface area contributed by atoms with Crippen molar-refractivity contribution in [3.05, 3.63) is 83.9 Å². The topological polar surface area (TPSA) is 71.9 Å². The first-order valence-electron chi connectivity index (χ1n) is 12.3.